The minimum atomic E-state index is 0.638. The predicted octanol–water partition coefficient (Wildman–Crippen LogP) is 3.14. The Morgan fingerprint density at radius 3 is 2.35 bits per heavy atom. The van der Waals surface area contributed by atoms with Gasteiger partial charge in [-0.15, -0.1) is 0 Å². The van der Waals surface area contributed by atoms with Crippen LogP contribution in [0.25, 0.3) is 0 Å². The van der Waals surface area contributed by atoms with Crippen molar-refractivity contribution in [1.29, 1.82) is 0 Å². The highest BCUT2D eigenvalue weighted by atomic mass is 32.2. The molecule has 0 radical (unpaired) electrons. The van der Waals surface area contributed by atoms with Gasteiger partial charge in [0.25, 0.3) is 0 Å². The van der Waals surface area contributed by atoms with E-state index in [4.69, 9.17) is 4.99 Å². The van der Waals surface area contributed by atoms with Crippen molar-refractivity contribution in [2.75, 3.05) is 12.3 Å². The Morgan fingerprint density at radius 1 is 1.24 bits per heavy atom. The van der Waals surface area contributed by atoms with Crippen molar-refractivity contribution in [3.8, 4) is 0 Å². The molecule has 1 N–H and O–H groups in total. The van der Waals surface area contributed by atoms with Gasteiger partial charge in [-0.3, -0.25) is 4.99 Å². The third-order valence-corrected chi connectivity index (χ3v) is 5.46. The number of hydrogen-bond acceptors (Lipinski definition) is 2. The zero-order chi connectivity index (χ0) is 11.8. The van der Waals surface area contributed by atoms with E-state index >= 15 is 0 Å². The zero-order valence-corrected chi connectivity index (χ0v) is 11.8. The fourth-order valence-corrected chi connectivity index (χ4v) is 3.99. The molecule has 0 spiro atoms. The molecule has 0 aromatic heterocycles. The molecular weight excluding hydrogens is 228 g/mol. The number of rotatable bonds is 5. The van der Waals surface area contributed by atoms with Gasteiger partial charge in [0.05, 0.1) is 0 Å². The van der Waals surface area contributed by atoms with Crippen LogP contribution in [0.1, 0.15) is 39.5 Å². The van der Waals surface area contributed by atoms with Gasteiger partial charge in [-0.2, -0.15) is 0 Å². The summed E-state index contributed by atoms with van der Waals surface area (Å²) in [5.41, 5.74) is 0. The fourth-order valence-electron chi connectivity index (χ4n) is 2.78. The van der Waals surface area contributed by atoms with Crippen LogP contribution in [-0.2, 0) is 0 Å². The van der Waals surface area contributed by atoms with Crippen LogP contribution in [0.5, 0.6) is 0 Å². The number of nitrogens with one attached hydrogen (secondary N) is 1. The van der Waals surface area contributed by atoms with Gasteiger partial charge in [0.2, 0.25) is 0 Å². The molecule has 3 rings (SSSR count). The molecule has 0 aromatic rings. The smallest absolute Gasteiger partial charge is 0.156 e. The lowest BCUT2D eigenvalue weighted by Crippen LogP contribution is -2.31. The maximum atomic E-state index is 4.85. The monoisotopic (exact) mass is 252 g/mol. The van der Waals surface area contributed by atoms with Gasteiger partial charge in [-0.1, -0.05) is 25.6 Å². The largest absolute Gasteiger partial charge is 0.361 e. The van der Waals surface area contributed by atoms with Crippen LogP contribution in [-0.4, -0.2) is 23.5 Å². The first kappa shape index (κ1) is 11.9. The molecule has 1 aliphatic heterocycles. The highest BCUT2D eigenvalue weighted by Gasteiger charge is 2.41. The van der Waals surface area contributed by atoms with Crippen molar-refractivity contribution in [3.63, 3.8) is 0 Å². The lowest BCUT2D eigenvalue weighted by molar-refractivity contribution is 0.417. The Balaban J connectivity index is 1.52. The van der Waals surface area contributed by atoms with E-state index in [0.29, 0.717) is 6.04 Å². The molecule has 3 heteroatoms. The van der Waals surface area contributed by atoms with Crippen LogP contribution in [0.3, 0.4) is 0 Å². The lowest BCUT2D eigenvalue weighted by atomic mass is 9.98. The van der Waals surface area contributed by atoms with Crippen molar-refractivity contribution in [3.05, 3.63) is 0 Å². The van der Waals surface area contributed by atoms with Gasteiger partial charge in [0, 0.05) is 18.3 Å². The third kappa shape index (κ3) is 2.98. The molecule has 0 bridgehead atoms. The summed E-state index contributed by atoms with van der Waals surface area (Å²) < 4.78 is 0. The zero-order valence-electron chi connectivity index (χ0n) is 11.0. The molecule has 17 heavy (non-hydrogen) atoms. The van der Waals surface area contributed by atoms with E-state index in [9.17, 15) is 0 Å². The number of amidine groups is 1. The van der Waals surface area contributed by atoms with E-state index in [0.717, 1.165) is 30.2 Å². The maximum absolute atomic E-state index is 4.85. The normalized spacial score (nSPS) is 31.5. The van der Waals surface area contributed by atoms with E-state index in [1.807, 2.05) is 11.8 Å². The Bertz CT molecular complexity index is 293. The highest BCUT2D eigenvalue weighted by Crippen LogP contribution is 2.49. The Morgan fingerprint density at radius 2 is 1.88 bits per heavy atom. The first-order valence-electron chi connectivity index (χ1n) is 7.18. The van der Waals surface area contributed by atoms with Crippen LogP contribution in [0, 0.1) is 23.7 Å². The molecule has 2 nitrogen and oxygen atoms in total. The lowest BCUT2D eigenvalue weighted by Gasteiger charge is -2.14. The molecule has 2 saturated carbocycles. The molecule has 0 aromatic carbocycles. The third-order valence-electron chi connectivity index (χ3n) is 4.41. The van der Waals surface area contributed by atoms with Crippen molar-refractivity contribution < 1.29 is 0 Å². The summed E-state index contributed by atoms with van der Waals surface area (Å²) in [6.45, 7) is 5.67. The van der Waals surface area contributed by atoms with Crippen molar-refractivity contribution >= 4 is 16.9 Å². The Labute approximate surface area is 109 Å². The molecule has 96 valence electrons. The summed E-state index contributed by atoms with van der Waals surface area (Å²) >= 11 is 1.92. The Hall–Kier alpha value is -0.180. The average Bonchev–Trinajstić information content (AvgIpc) is 3.20. The van der Waals surface area contributed by atoms with E-state index in [1.54, 1.807) is 0 Å². The summed E-state index contributed by atoms with van der Waals surface area (Å²) in [5, 5.41) is 4.79. The van der Waals surface area contributed by atoms with Gasteiger partial charge in [0.1, 0.15) is 0 Å². The number of thioether (sulfide) groups is 1. The van der Waals surface area contributed by atoms with Crippen LogP contribution < -0.4 is 5.32 Å². The number of hydrogen-bond donors (Lipinski definition) is 1. The topological polar surface area (TPSA) is 24.4 Å². The second-order valence-electron chi connectivity index (χ2n) is 6.29. The van der Waals surface area contributed by atoms with Gasteiger partial charge in [-0.25, -0.2) is 0 Å². The summed E-state index contributed by atoms with van der Waals surface area (Å²) in [5.74, 6) is 4.90. The minimum absolute atomic E-state index is 0.638. The molecule has 1 unspecified atom stereocenters. The molecule has 1 atom stereocenters. The van der Waals surface area contributed by atoms with Crippen molar-refractivity contribution in [2.45, 2.75) is 45.6 Å². The van der Waals surface area contributed by atoms with E-state index in [2.05, 4.69) is 19.2 Å². The van der Waals surface area contributed by atoms with Gasteiger partial charge in [-0.05, 0) is 49.4 Å². The quantitative estimate of drug-likeness (QED) is 0.813. The molecule has 3 fully saturated rings. The SMILES string of the molecule is CC(C)C1CSC(=NCC(C2CC2)C2CC2)N1. The van der Waals surface area contributed by atoms with E-state index in [-0.39, 0.29) is 0 Å². The molecule has 1 heterocycles. The van der Waals surface area contributed by atoms with Gasteiger partial charge < -0.3 is 5.32 Å². The predicted molar refractivity (Wildman–Crippen MR) is 75.5 cm³/mol. The minimum Gasteiger partial charge on any atom is -0.361 e. The Kier molecular flexibility index (Phi) is 3.38. The average molecular weight is 252 g/mol. The summed E-state index contributed by atoms with van der Waals surface area (Å²) in [7, 11) is 0. The molecular formula is C14H24N2S. The molecule has 2 aliphatic carbocycles. The summed E-state index contributed by atoms with van der Waals surface area (Å²) in [6.07, 6.45) is 5.89. The number of aliphatic imine (C=N–C) groups is 1. The van der Waals surface area contributed by atoms with Crippen molar-refractivity contribution in [1.82, 2.24) is 5.32 Å². The second-order valence-corrected chi connectivity index (χ2v) is 7.30. The van der Waals surface area contributed by atoms with Crippen LogP contribution in [0.4, 0.5) is 0 Å². The van der Waals surface area contributed by atoms with E-state index < -0.39 is 0 Å². The summed E-state index contributed by atoms with van der Waals surface area (Å²) in [4.78, 5) is 4.85. The van der Waals surface area contributed by atoms with Gasteiger partial charge in [0.15, 0.2) is 5.17 Å². The maximum Gasteiger partial charge on any atom is 0.156 e. The summed E-state index contributed by atoms with van der Waals surface area (Å²) in [6, 6.07) is 0.638. The molecule has 1 saturated heterocycles. The first-order valence-corrected chi connectivity index (χ1v) is 8.16. The fraction of sp³-hybridized carbons (Fsp3) is 0.929. The van der Waals surface area contributed by atoms with Crippen LogP contribution >= 0.6 is 11.8 Å². The van der Waals surface area contributed by atoms with Crippen LogP contribution in [0.15, 0.2) is 4.99 Å². The molecule has 3 aliphatic rings. The van der Waals surface area contributed by atoms with Crippen LogP contribution in [0.2, 0.25) is 0 Å². The first-order chi connectivity index (χ1) is 8.24. The highest BCUT2D eigenvalue weighted by molar-refractivity contribution is 8.14. The second kappa shape index (κ2) is 4.83. The number of nitrogens with zero attached hydrogens (tertiary/aromatic N) is 1. The van der Waals surface area contributed by atoms with Crippen molar-refractivity contribution in [2.24, 2.45) is 28.7 Å². The standard InChI is InChI=1S/C14H24N2S/c1-9(2)13-8-17-14(16-13)15-7-12(10-3-4-10)11-5-6-11/h9-13H,3-8H2,1-2H3,(H,15,16). The molecule has 0 amide bonds. The van der Waals surface area contributed by atoms with Gasteiger partial charge >= 0.3 is 0 Å². The van der Waals surface area contributed by atoms with E-state index in [1.165, 1.54) is 36.6 Å².